The Morgan fingerprint density at radius 2 is 1.92 bits per heavy atom. The number of rotatable bonds is 5. The van der Waals surface area contributed by atoms with Crippen molar-refractivity contribution >= 4 is 21.6 Å². The van der Waals surface area contributed by atoms with E-state index in [1.807, 2.05) is 0 Å². The molecule has 25 heavy (non-hydrogen) atoms. The number of nitrogens with zero attached hydrogens (tertiary/aromatic N) is 3. The van der Waals surface area contributed by atoms with Crippen LogP contribution in [0.5, 0.6) is 5.75 Å². The highest BCUT2D eigenvalue weighted by atomic mass is 32.2. The number of anilines is 1. The summed E-state index contributed by atoms with van der Waals surface area (Å²) in [5.41, 5.74) is -0.177. The number of aromatic nitrogens is 2. The number of benzene rings is 1. The SMILES string of the molecule is COc1ccc(S(=O)(=O)N(C)C)cc1NC(=O)c1ccc(=O)n(C)n1. The number of hydrogen-bond acceptors (Lipinski definition) is 6. The van der Waals surface area contributed by atoms with Crippen LogP contribution in [-0.4, -0.2) is 49.6 Å². The number of nitrogens with one attached hydrogen (secondary N) is 1. The number of sulfonamides is 1. The molecule has 1 N–H and O–H groups in total. The van der Waals surface area contributed by atoms with Gasteiger partial charge in [-0.1, -0.05) is 0 Å². The van der Waals surface area contributed by atoms with Gasteiger partial charge in [0.25, 0.3) is 11.5 Å². The summed E-state index contributed by atoms with van der Waals surface area (Å²) in [6.07, 6.45) is 0. The second kappa shape index (κ2) is 7.03. The molecule has 1 heterocycles. The van der Waals surface area contributed by atoms with Crippen LogP contribution >= 0.6 is 0 Å². The Kier molecular flexibility index (Phi) is 5.24. The van der Waals surface area contributed by atoms with Crippen molar-refractivity contribution in [3.8, 4) is 5.75 Å². The number of aryl methyl sites for hydroxylation is 1. The maximum Gasteiger partial charge on any atom is 0.276 e. The molecule has 10 heteroatoms. The quantitative estimate of drug-likeness (QED) is 0.814. The van der Waals surface area contributed by atoms with Crippen LogP contribution in [0, 0.1) is 0 Å². The third-order valence-corrected chi connectivity index (χ3v) is 5.20. The summed E-state index contributed by atoms with van der Waals surface area (Å²) in [5.74, 6) is -0.316. The Hall–Kier alpha value is -2.72. The van der Waals surface area contributed by atoms with Crippen LogP contribution < -0.4 is 15.6 Å². The van der Waals surface area contributed by atoms with E-state index in [9.17, 15) is 18.0 Å². The highest BCUT2D eigenvalue weighted by Crippen LogP contribution is 2.28. The lowest BCUT2D eigenvalue weighted by Crippen LogP contribution is -2.24. The first-order chi connectivity index (χ1) is 11.7. The molecule has 134 valence electrons. The molecular weight excluding hydrogens is 348 g/mol. The van der Waals surface area contributed by atoms with Crippen LogP contribution in [0.4, 0.5) is 5.69 Å². The molecule has 9 nitrogen and oxygen atoms in total. The minimum Gasteiger partial charge on any atom is -0.495 e. The van der Waals surface area contributed by atoms with Crippen LogP contribution in [0.2, 0.25) is 0 Å². The van der Waals surface area contributed by atoms with E-state index in [1.54, 1.807) is 0 Å². The summed E-state index contributed by atoms with van der Waals surface area (Å²) in [6, 6.07) is 6.62. The zero-order valence-corrected chi connectivity index (χ0v) is 15.0. The molecule has 0 radical (unpaired) electrons. The van der Waals surface area contributed by atoms with Crippen molar-refractivity contribution < 1.29 is 17.9 Å². The monoisotopic (exact) mass is 366 g/mol. The van der Waals surface area contributed by atoms with E-state index in [0.717, 1.165) is 8.99 Å². The van der Waals surface area contributed by atoms with Gasteiger partial charge in [-0.05, 0) is 24.3 Å². The highest BCUT2D eigenvalue weighted by molar-refractivity contribution is 7.89. The average molecular weight is 366 g/mol. The first-order valence-corrected chi connectivity index (χ1v) is 8.57. The molecule has 2 rings (SSSR count). The fourth-order valence-corrected chi connectivity index (χ4v) is 2.89. The van der Waals surface area contributed by atoms with E-state index in [4.69, 9.17) is 4.74 Å². The molecule has 0 fully saturated rings. The number of hydrogen-bond donors (Lipinski definition) is 1. The topological polar surface area (TPSA) is 111 Å². The molecule has 1 amide bonds. The molecule has 0 saturated carbocycles. The zero-order valence-electron chi connectivity index (χ0n) is 14.2. The molecule has 0 aliphatic rings. The van der Waals surface area contributed by atoms with E-state index in [1.165, 1.54) is 58.6 Å². The van der Waals surface area contributed by atoms with E-state index in [0.29, 0.717) is 0 Å². The van der Waals surface area contributed by atoms with Gasteiger partial charge in [-0.3, -0.25) is 9.59 Å². The number of carbonyl (C=O) groups excluding carboxylic acids is 1. The Morgan fingerprint density at radius 3 is 2.48 bits per heavy atom. The maximum absolute atomic E-state index is 12.3. The Balaban J connectivity index is 2.42. The van der Waals surface area contributed by atoms with Crippen molar-refractivity contribution in [3.05, 3.63) is 46.4 Å². The van der Waals surface area contributed by atoms with Crippen LogP contribution in [0.25, 0.3) is 0 Å². The lowest BCUT2D eigenvalue weighted by Gasteiger charge is -2.15. The zero-order chi connectivity index (χ0) is 18.8. The van der Waals surface area contributed by atoms with Gasteiger partial charge in [-0.25, -0.2) is 17.4 Å². The molecule has 1 aromatic carbocycles. The van der Waals surface area contributed by atoms with Gasteiger partial charge in [0.05, 0.1) is 17.7 Å². The van der Waals surface area contributed by atoms with Gasteiger partial charge in [0.1, 0.15) is 11.4 Å². The fourth-order valence-electron chi connectivity index (χ4n) is 1.97. The third kappa shape index (κ3) is 3.86. The normalized spacial score (nSPS) is 11.4. The van der Waals surface area contributed by atoms with Crippen molar-refractivity contribution in [2.24, 2.45) is 7.05 Å². The summed E-state index contributed by atoms with van der Waals surface area (Å²) >= 11 is 0. The minimum absolute atomic E-state index is 0.00187. The molecule has 0 unspecified atom stereocenters. The van der Waals surface area contributed by atoms with Crippen molar-refractivity contribution in [1.82, 2.24) is 14.1 Å². The number of ether oxygens (including phenoxy) is 1. The molecule has 1 aromatic heterocycles. The molecule has 0 bridgehead atoms. The molecular formula is C15H18N4O5S. The number of methoxy groups -OCH3 is 1. The standard InChI is InChI=1S/C15H18N4O5S/c1-18(2)25(22,23)10-5-7-13(24-4)12(9-10)16-15(21)11-6-8-14(20)19(3)17-11/h5-9H,1-4H3,(H,16,21). The van der Waals surface area contributed by atoms with Crippen molar-refractivity contribution in [2.45, 2.75) is 4.90 Å². The summed E-state index contributed by atoms with van der Waals surface area (Å²) < 4.78 is 31.7. The van der Waals surface area contributed by atoms with E-state index in [2.05, 4.69) is 10.4 Å². The van der Waals surface area contributed by atoms with Gasteiger partial charge in [0, 0.05) is 27.2 Å². The molecule has 0 saturated heterocycles. The first-order valence-electron chi connectivity index (χ1n) is 7.13. The van der Waals surface area contributed by atoms with E-state index >= 15 is 0 Å². The second-order valence-electron chi connectivity index (χ2n) is 5.28. The van der Waals surface area contributed by atoms with Crippen LogP contribution in [0.3, 0.4) is 0 Å². The van der Waals surface area contributed by atoms with Gasteiger partial charge < -0.3 is 10.1 Å². The number of amides is 1. The fraction of sp³-hybridized carbons (Fsp3) is 0.267. The summed E-state index contributed by atoms with van der Waals surface area (Å²) in [4.78, 5) is 23.7. The van der Waals surface area contributed by atoms with Crippen molar-refractivity contribution in [3.63, 3.8) is 0 Å². The third-order valence-electron chi connectivity index (χ3n) is 3.39. The second-order valence-corrected chi connectivity index (χ2v) is 7.44. The van der Waals surface area contributed by atoms with Crippen LogP contribution in [0.15, 0.2) is 40.0 Å². The van der Waals surface area contributed by atoms with Crippen LogP contribution in [-0.2, 0) is 17.1 Å². The predicted octanol–water partition coefficient (Wildman–Crippen LogP) is 0.291. The van der Waals surface area contributed by atoms with Crippen molar-refractivity contribution in [2.75, 3.05) is 26.5 Å². The molecule has 0 aliphatic heterocycles. The molecule has 0 atom stereocenters. The summed E-state index contributed by atoms with van der Waals surface area (Å²) in [7, 11) is 1.97. The Labute approximate surface area is 144 Å². The summed E-state index contributed by atoms with van der Waals surface area (Å²) in [6.45, 7) is 0. The van der Waals surface area contributed by atoms with Crippen LogP contribution in [0.1, 0.15) is 10.5 Å². The van der Waals surface area contributed by atoms with E-state index < -0.39 is 15.9 Å². The van der Waals surface area contributed by atoms with Gasteiger partial charge >= 0.3 is 0 Å². The molecule has 0 aliphatic carbocycles. The smallest absolute Gasteiger partial charge is 0.276 e. The molecule has 0 spiro atoms. The van der Waals surface area contributed by atoms with Crippen molar-refractivity contribution in [1.29, 1.82) is 0 Å². The Bertz CT molecular complexity index is 966. The first kappa shape index (κ1) is 18.6. The predicted molar refractivity (Wildman–Crippen MR) is 91.3 cm³/mol. The minimum atomic E-state index is -3.67. The highest BCUT2D eigenvalue weighted by Gasteiger charge is 2.20. The Morgan fingerprint density at radius 1 is 1.24 bits per heavy atom. The van der Waals surface area contributed by atoms with Gasteiger partial charge in [0.2, 0.25) is 10.0 Å². The molecule has 2 aromatic rings. The lowest BCUT2D eigenvalue weighted by molar-refractivity contribution is 0.101. The average Bonchev–Trinajstić information content (AvgIpc) is 2.57. The number of carbonyl (C=O) groups is 1. The lowest BCUT2D eigenvalue weighted by atomic mass is 10.2. The summed E-state index contributed by atoms with van der Waals surface area (Å²) in [5, 5.41) is 6.40. The van der Waals surface area contributed by atoms with Gasteiger partial charge in [-0.2, -0.15) is 5.10 Å². The maximum atomic E-state index is 12.3. The van der Waals surface area contributed by atoms with E-state index in [-0.39, 0.29) is 27.6 Å². The largest absolute Gasteiger partial charge is 0.495 e. The van der Waals surface area contributed by atoms with Gasteiger partial charge in [-0.15, -0.1) is 0 Å². The van der Waals surface area contributed by atoms with Gasteiger partial charge in [0.15, 0.2) is 0 Å².